The van der Waals surface area contributed by atoms with Crippen molar-refractivity contribution in [3.8, 4) is 5.75 Å². The van der Waals surface area contributed by atoms with Crippen molar-refractivity contribution >= 4 is 5.91 Å². The van der Waals surface area contributed by atoms with Crippen LogP contribution in [0.15, 0.2) is 12.1 Å². The molecule has 1 atom stereocenters. The minimum Gasteiger partial charge on any atom is -0.507 e. The molecule has 0 radical (unpaired) electrons. The lowest BCUT2D eigenvalue weighted by Crippen LogP contribution is -2.48. The average Bonchev–Trinajstić information content (AvgIpc) is 2.62. The fraction of sp³-hybridized carbons (Fsp3) is 0.720. The zero-order valence-corrected chi connectivity index (χ0v) is 18.8. The van der Waals surface area contributed by atoms with Crippen molar-refractivity contribution < 1.29 is 9.90 Å². The van der Waals surface area contributed by atoms with E-state index in [-0.39, 0.29) is 23.3 Å². The SMILES string of the molecule is Cc1cc(CN[C@@H](C(=O)N(C)C)C(C)C)c(O)c(C23CC4CC(CC(C4)C2)C3)c1. The third kappa shape index (κ3) is 3.81. The molecule has 1 amide bonds. The number of phenolic OH excluding ortho intramolecular Hbond substituents is 1. The number of aromatic hydroxyl groups is 1. The Hall–Kier alpha value is -1.55. The molecule has 1 aromatic carbocycles. The molecule has 0 aromatic heterocycles. The van der Waals surface area contributed by atoms with E-state index in [4.69, 9.17) is 0 Å². The second-order valence-electron chi connectivity index (χ2n) is 10.9. The first-order chi connectivity index (χ1) is 13.7. The van der Waals surface area contributed by atoms with Gasteiger partial charge in [-0.2, -0.15) is 0 Å². The predicted octanol–water partition coefficient (Wildman–Crippen LogP) is 4.37. The Bertz CT molecular complexity index is 748. The molecular formula is C25H38N2O2. The molecule has 0 saturated heterocycles. The summed E-state index contributed by atoms with van der Waals surface area (Å²) in [6, 6.07) is 4.09. The van der Waals surface area contributed by atoms with Crippen molar-refractivity contribution in [1.29, 1.82) is 0 Å². The number of carbonyl (C=O) groups excluding carboxylic acids is 1. The maximum absolute atomic E-state index is 12.6. The lowest BCUT2D eigenvalue weighted by Gasteiger charge is -2.57. The van der Waals surface area contributed by atoms with Gasteiger partial charge in [0.1, 0.15) is 5.75 Å². The summed E-state index contributed by atoms with van der Waals surface area (Å²) in [4.78, 5) is 14.2. The second kappa shape index (κ2) is 7.61. The van der Waals surface area contributed by atoms with E-state index in [0.29, 0.717) is 12.3 Å². The highest BCUT2D eigenvalue weighted by Crippen LogP contribution is 2.62. The molecule has 4 heteroatoms. The number of amides is 1. The second-order valence-corrected chi connectivity index (χ2v) is 10.9. The summed E-state index contributed by atoms with van der Waals surface area (Å²) in [6.45, 7) is 6.79. The minimum absolute atomic E-state index is 0.0912. The zero-order chi connectivity index (χ0) is 20.9. The smallest absolute Gasteiger partial charge is 0.239 e. The molecule has 0 spiro atoms. The van der Waals surface area contributed by atoms with Crippen LogP contribution >= 0.6 is 0 Å². The standard InChI is InChI=1S/C25H38N2O2/c1-15(2)22(24(29)27(4)5)26-14-20-6-16(3)7-21(23(20)28)25-11-17-8-18(12-25)10-19(9-17)13-25/h6-7,15,17-19,22,26,28H,8-14H2,1-5H3/t17?,18?,19?,22-,25?/m1/s1. The molecule has 0 heterocycles. The molecule has 2 N–H and O–H groups in total. The van der Waals surface area contributed by atoms with E-state index < -0.39 is 0 Å². The van der Waals surface area contributed by atoms with E-state index in [1.54, 1.807) is 19.0 Å². The molecule has 5 rings (SSSR count). The largest absolute Gasteiger partial charge is 0.507 e. The first-order valence-electron chi connectivity index (χ1n) is 11.5. The Morgan fingerprint density at radius 3 is 2.17 bits per heavy atom. The zero-order valence-electron chi connectivity index (χ0n) is 18.8. The van der Waals surface area contributed by atoms with Crippen LogP contribution in [0.4, 0.5) is 0 Å². The summed E-state index contributed by atoms with van der Waals surface area (Å²) in [6.07, 6.45) is 7.96. The van der Waals surface area contributed by atoms with Crippen molar-refractivity contribution in [2.24, 2.45) is 23.7 Å². The highest BCUT2D eigenvalue weighted by atomic mass is 16.3. The molecule has 4 saturated carbocycles. The van der Waals surface area contributed by atoms with Gasteiger partial charge in [-0.25, -0.2) is 0 Å². The van der Waals surface area contributed by atoms with Gasteiger partial charge >= 0.3 is 0 Å². The van der Waals surface area contributed by atoms with E-state index in [1.165, 1.54) is 49.7 Å². The molecule has 0 unspecified atom stereocenters. The number of nitrogens with zero attached hydrogens (tertiary/aromatic N) is 1. The van der Waals surface area contributed by atoms with Crippen molar-refractivity contribution in [3.05, 3.63) is 28.8 Å². The first kappa shape index (κ1) is 20.7. The molecule has 160 valence electrons. The fourth-order valence-corrected chi connectivity index (χ4v) is 6.94. The summed E-state index contributed by atoms with van der Waals surface area (Å²) >= 11 is 0. The molecule has 1 aromatic rings. The Morgan fingerprint density at radius 1 is 1.14 bits per heavy atom. The van der Waals surface area contributed by atoms with E-state index in [9.17, 15) is 9.90 Å². The molecule has 4 aliphatic rings. The molecule has 4 fully saturated rings. The van der Waals surface area contributed by atoms with Gasteiger partial charge in [-0.1, -0.05) is 31.5 Å². The van der Waals surface area contributed by atoms with Gasteiger partial charge in [0.25, 0.3) is 0 Å². The first-order valence-corrected chi connectivity index (χ1v) is 11.5. The average molecular weight is 399 g/mol. The lowest BCUT2D eigenvalue weighted by molar-refractivity contribution is -0.132. The molecule has 29 heavy (non-hydrogen) atoms. The van der Waals surface area contributed by atoms with Crippen molar-refractivity contribution in [2.45, 2.75) is 77.3 Å². The monoisotopic (exact) mass is 398 g/mol. The van der Waals surface area contributed by atoms with Crippen LogP contribution in [0.25, 0.3) is 0 Å². The summed E-state index contributed by atoms with van der Waals surface area (Å²) < 4.78 is 0. The quantitative estimate of drug-likeness (QED) is 0.748. The molecule has 4 aliphatic carbocycles. The van der Waals surface area contributed by atoms with Gasteiger partial charge in [0, 0.05) is 31.8 Å². The van der Waals surface area contributed by atoms with E-state index in [0.717, 1.165) is 23.3 Å². The molecule has 4 nitrogen and oxygen atoms in total. The van der Waals surface area contributed by atoms with Crippen LogP contribution in [-0.4, -0.2) is 36.1 Å². The topological polar surface area (TPSA) is 52.6 Å². The number of hydrogen-bond donors (Lipinski definition) is 2. The van der Waals surface area contributed by atoms with Crippen molar-refractivity contribution in [3.63, 3.8) is 0 Å². The van der Waals surface area contributed by atoms with Gasteiger partial charge in [0.2, 0.25) is 5.91 Å². The van der Waals surface area contributed by atoms with Crippen molar-refractivity contribution in [2.75, 3.05) is 14.1 Å². The van der Waals surface area contributed by atoms with E-state index in [1.807, 2.05) is 0 Å². The summed E-state index contributed by atoms with van der Waals surface area (Å²) in [5, 5.41) is 14.8. The van der Waals surface area contributed by atoms with Crippen LogP contribution in [0.5, 0.6) is 5.75 Å². The number of likely N-dealkylation sites (N-methyl/N-ethyl adjacent to an activating group) is 1. The summed E-state index contributed by atoms with van der Waals surface area (Å²) in [7, 11) is 3.60. The van der Waals surface area contributed by atoms with Crippen LogP contribution < -0.4 is 5.32 Å². The van der Waals surface area contributed by atoms with Gasteiger partial charge in [0.05, 0.1) is 6.04 Å². The van der Waals surface area contributed by atoms with Gasteiger partial charge in [-0.05, 0) is 74.5 Å². The summed E-state index contributed by atoms with van der Waals surface area (Å²) in [5.74, 6) is 3.32. The maximum atomic E-state index is 12.6. The number of aryl methyl sites for hydroxylation is 1. The third-order valence-corrected chi connectivity index (χ3v) is 7.83. The Kier molecular flexibility index (Phi) is 5.43. The number of hydrogen-bond acceptors (Lipinski definition) is 3. The van der Waals surface area contributed by atoms with E-state index >= 15 is 0 Å². The van der Waals surface area contributed by atoms with Crippen LogP contribution in [-0.2, 0) is 16.8 Å². The molecule has 0 aliphatic heterocycles. The maximum Gasteiger partial charge on any atom is 0.239 e. The Labute approximate surface area is 176 Å². The van der Waals surface area contributed by atoms with Crippen LogP contribution in [0, 0.1) is 30.6 Å². The number of benzene rings is 1. The highest BCUT2D eigenvalue weighted by molar-refractivity contribution is 5.81. The van der Waals surface area contributed by atoms with Crippen LogP contribution in [0.2, 0.25) is 0 Å². The van der Waals surface area contributed by atoms with Gasteiger partial charge in [0.15, 0.2) is 0 Å². The van der Waals surface area contributed by atoms with Gasteiger partial charge in [-0.3, -0.25) is 4.79 Å². The molecule has 4 bridgehead atoms. The third-order valence-electron chi connectivity index (χ3n) is 7.83. The summed E-state index contributed by atoms with van der Waals surface area (Å²) in [5.41, 5.74) is 3.52. The van der Waals surface area contributed by atoms with Crippen LogP contribution in [0.1, 0.15) is 69.1 Å². The van der Waals surface area contributed by atoms with Gasteiger partial charge in [-0.15, -0.1) is 0 Å². The predicted molar refractivity (Wildman–Crippen MR) is 117 cm³/mol. The number of nitrogens with one attached hydrogen (secondary N) is 1. The fourth-order valence-electron chi connectivity index (χ4n) is 6.94. The minimum atomic E-state index is -0.243. The van der Waals surface area contributed by atoms with Gasteiger partial charge < -0.3 is 15.3 Å². The Balaban J connectivity index is 1.60. The molecular weight excluding hydrogens is 360 g/mol. The van der Waals surface area contributed by atoms with E-state index in [2.05, 4.69) is 38.2 Å². The van der Waals surface area contributed by atoms with Crippen LogP contribution in [0.3, 0.4) is 0 Å². The highest BCUT2D eigenvalue weighted by Gasteiger charge is 2.52. The Morgan fingerprint density at radius 2 is 1.69 bits per heavy atom. The van der Waals surface area contributed by atoms with Crippen molar-refractivity contribution in [1.82, 2.24) is 10.2 Å². The number of carbonyl (C=O) groups is 1. The number of phenols is 1. The number of rotatable bonds is 6. The normalized spacial score (nSPS) is 31.3. The lowest BCUT2D eigenvalue weighted by atomic mass is 9.48.